The molecule has 0 radical (unpaired) electrons. The molecule has 3 aromatic rings. The lowest BCUT2D eigenvalue weighted by molar-refractivity contribution is -0.132. The van der Waals surface area contributed by atoms with Crippen LogP contribution in [-0.2, 0) is 16.9 Å². The van der Waals surface area contributed by atoms with Crippen LogP contribution >= 0.6 is 0 Å². The van der Waals surface area contributed by atoms with Crippen molar-refractivity contribution in [2.75, 3.05) is 0 Å². The number of imide groups is 1. The summed E-state index contributed by atoms with van der Waals surface area (Å²) in [5.41, 5.74) is 2.03. The van der Waals surface area contributed by atoms with Gasteiger partial charge >= 0.3 is 6.03 Å². The SMILES string of the molecule is CCn1cc(C(=O)NN2C(=O)N[C@@](C)(c3ccccc3)C2=O)c(=O)c2ccc(C)nc21. The van der Waals surface area contributed by atoms with Crippen LogP contribution in [0.2, 0.25) is 0 Å². The predicted molar refractivity (Wildman–Crippen MR) is 113 cm³/mol. The fourth-order valence-corrected chi connectivity index (χ4v) is 3.63. The van der Waals surface area contributed by atoms with Gasteiger partial charge in [0, 0.05) is 18.4 Å². The van der Waals surface area contributed by atoms with E-state index in [2.05, 4.69) is 15.7 Å². The molecule has 1 aliphatic heterocycles. The Hall–Kier alpha value is -4.01. The molecule has 158 valence electrons. The summed E-state index contributed by atoms with van der Waals surface area (Å²) in [5, 5.41) is 3.50. The molecular formula is C22H21N5O4. The molecule has 0 aliphatic carbocycles. The number of carbonyl (C=O) groups is 3. The van der Waals surface area contributed by atoms with E-state index in [1.54, 1.807) is 54.0 Å². The first-order valence-electron chi connectivity index (χ1n) is 9.80. The van der Waals surface area contributed by atoms with Crippen LogP contribution in [0.4, 0.5) is 4.79 Å². The molecule has 0 unspecified atom stereocenters. The second kappa shape index (κ2) is 7.35. The number of hydrazine groups is 1. The van der Waals surface area contributed by atoms with Crippen molar-refractivity contribution < 1.29 is 14.4 Å². The molecule has 0 spiro atoms. The Labute approximate surface area is 177 Å². The van der Waals surface area contributed by atoms with Gasteiger partial charge in [0.2, 0.25) is 5.43 Å². The van der Waals surface area contributed by atoms with Gasteiger partial charge in [-0.1, -0.05) is 30.3 Å². The molecule has 1 fully saturated rings. The second-order valence-electron chi connectivity index (χ2n) is 7.48. The molecular weight excluding hydrogens is 398 g/mol. The van der Waals surface area contributed by atoms with Crippen LogP contribution in [0.5, 0.6) is 0 Å². The van der Waals surface area contributed by atoms with Crippen LogP contribution < -0.4 is 16.2 Å². The van der Waals surface area contributed by atoms with Gasteiger partial charge in [-0.25, -0.2) is 9.78 Å². The van der Waals surface area contributed by atoms with Crippen molar-refractivity contribution in [1.29, 1.82) is 0 Å². The molecule has 2 N–H and O–H groups in total. The number of hydrogen-bond acceptors (Lipinski definition) is 5. The van der Waals surface area contributed by atoms with Crippen LogP contribution in [0.1, 0.15) is 35.5 Å². The van der Waals surface area contributed by atoms with Crippen LogP contribution in [0.25, 0.3) is 11.0 Å². The molecule has 4 rings (SSSR count). The lowest BCUT2D eigenvalue weighted by atomic mass is 9.92. The molecule has 1 aromatic carbocycles. The van der Waals surface area contributed by atoms with Gasteiger partial charge < -0.3 is 9.88 Å². The van der Waals surface area contributed by atoms with Gasteiger partial charge in [-0.05, 0) is 38.5 Å². The summed E-state index contributed by atoms with van der Waals surface area (Å²) < 4.78 is 1.68. The molecule has 3 heterocycles. The number of benzene rings is 1. The number of pyridine rings is 2. The third kappa shape index (κ3) is 3.24. The molecule has 0 saturated carbocycles. The fourth-order valence-electron chi connectivity index (χ4n) is 3.63. The fraction of sp³-hybridized carbons (Fsp3) is 0.227. The van der Waals surface area contributed by atoms with Crippen molar-refractivity contribution in [2.45, 2.75) is 32.9 Å². The number of aryl methyl sites for hydroxylation is 2. The van der Waals surface area contributed by atoms with Gasteiger partial charge in [0.05, 0.1) is 5.39 Å². The van der Waals surface area contributed by atoms with Crippen molar-refractivity contribution in [1.82, 2.24) is 25.3 Å². The molecule has 4 amide bonds. The van der Waals surface area contributed by atoms with E-state index in [9.17, 15) is 19.2 Å². The number of amides is 4. The first kappa shape index (κ1) is 20.3. The van der Waals surface area contributed by atoms with Crippen molar-refractivity contribution in [2.24, 2.45) is 0 Å². The number of carbonyl (C=O) groups excluding carboxylic acids is 3. The molecule has 1 atom stereocenters. The Kier molecular flexibility index (Phi) is 4.81. The summed E-state index contributed by atoms with van der Waals surface area (Å²) >= 11 is 0. The highest BCUT2D eigenvalue weighted by Gasteiger charge is 2.50. The van der Waals surface area contributed by atoms with Crippen molar-refractivity contribution >= 4 is 28.9 Å². The maximum atomic E-state index is 13.0. The first-order valence-corrected chi connectivity index (χ1v) is 9.80. The highest BCUT2D eigenvalue weighted by molar-refractivity contribution is 6.09. The third-order valence-corrected chi connectivity index (χ3v) is 5.40. The second-order valence-corrected chi connectivity index (χ2v) is 7.48. The van der Waals surface area contributed by atoms with Gasteiger partial charge in [0.25, 0.3) is 11.8 Å². The number of aromatic nitrogens is 2. The Morgan fingerprint density at radius 1 is 1.13 bits per heavy atom. The molecule has 2 aromatic heterocycles. The maximum Gasteiger partial charge on any atom is 0.344 e. The van der Waals surface area contributed by atoms with Gasteiger partial charge in [0.1, 0.15) is 16.7 Å². The minimum absolute atomic E-state index is 0.186. The Bertz CT molecular complexity index is 1280. The van der Waals surface area contributed by atoms with Crippen molar-refractivity contribution in [3.63, 3.8) is 0 Å². The van der Waals surface area contributed by atoms with Crippen molar-refractivity contribution in [3.05, 3.63) is 75.7 Å². The molecule has 31 heavy (non-hydrogen) atoms. The highest BCUT2D eigenvalue weighted by Crippen LogP contribution is 2.27. The zero-order valence-electron chi connectivity index (χ0n) is 17.3. The van der Waals surface area contributed by atoms with Gasteiger partial charge in [-0.2, -0.15) is 5.01 Å². The van der Waals surface area contributed by atoms with Crippen LogP contribution in [-0.4, -0.2) is 32.4 Å². The molecule has 9 nitrogen and oxygen atoms in total. The van der Waals surface area contributed by atoms with Crippen LogP contribution in [0.15, 0.2) is 53.5 Å². The summed E-state index contributed by atoms with van der Waals surface area (Å²) in [5.74, 6) is -1.50. The standard InChI is InChI=1S/C22H21N5O4/c1-4-26-12-16(17(28)15-11-10-13(2)23-18(15)26)19(29)25-27-20(30)22(3,24-21(27)31)14-8-6-5-7-9-14/h5-12H,4H2,1-3H3,(H,24,31)(H,25,29)/t22-/m0/s1. The quantitative estimate of drug-likeness (QED) is 0.627. The molecule has 0 bridgehead atoms. The molecule has 1 saturated heterocycles. The number of nitrogens with zero attached hydrogens (tertiary/aromatic N) is 3. The maximum absolute atomic E-state index is 13.0. The number of nitrogens with one attached hydrogen (secondary N) is 2. The summed E-state index contributed by atoms with van der Waals surface area (Å²) in [6, 6.07) is 11.2. The van der Waals surface area contributed by atoms with Crippen LogP contribution in [0, 0.1) is 6.92 Å². The van der Waals surface area contributed by atoms with Crippen molar-refractivity contribution in [3.8, 4) is 0 Å². The van der Waals surface area contributed by atoms with E-state index in [0.717, 1.165) is 5.69 Å². The topological polar surface area (TPSA) is 113 Å². The smallest absolute Gasteiger partial charge is 0.332 e. The van der Waals surface area contributed by atoms with E-state index < -0.39 is 28.8 Å². The first-order chi connectivity index (χ1) is 14.8. The highest BCUT2D eigenvalue weighted by atomic mass is 16.2. The van der Waals surface area contributed by atoms with Crippen LogP contribution in [0.3, 0.4) is 0 Å². The zero-order valence-corrected chi connectivity index (χ0v) is 17.3. The monoisotopic (exact) mass is 419 g/mol. The average Bonchev–Trinajstić information content (AvgIpc) is 2.98. The predicted octanol–water partition coefficient (Wildman–Crippen LogP) is 1.84. The summed E-state index contributed by atoms with van der Waals surface area (Å²) in [7, 11) is 0. The van der Waals surface area contributed by atoms with E-state index in [-0.39, 0.29) is 10.9 Å². The lowest BCUT2D eigenvalue weighted by Gasteiger charge is -2.22. The number of rotatable bonds is 4. The van der Waals surface area contributed by atoms with E-state index in [0.29, 0.717) is 22.8 Å². The number of urea groups is 1. The summed E-state index contributed by atoms with van der Waals surface area (Å²) in [6.07, 6.45) is 1.39. The Balaban J connectivity index is 1.69. The average molecular weight is 419 g/mol. The minimum atomic E-state index is -1.33. The number of hydrogen-bond donors (Lipinski definition) is 2. The Morgan fingerprint density at radius 3 is 2.52 bits per heavy atom. The molecule has 9 heteroatoms. The van der Waals surface area contributed by atoms with Gasteiger partial charge in [-0.3, -0.25) is 19.8 Å². The lowest BCUT2D eigenvalue weighted by Crippen LogP contribution is -2.48. The minimum Gasteiger partial charge on any atom is -0.332 e. The molecule has 1 aliphatic rings. The number of fused-ring (bicyclic) bond motifs is 1. The largest absolute Gasteiger partial charge is 0.344 e. The Morgan fingerprint density at radius 2 is 1.84 bits per heavy atom. The summed E-state index contributed by atoms with van der Waals surface area (Å²) in [6.45, 7) is 5.70. The zero-order chi connectivity index (χ0) is 22.3. The van der Waals surface area contributed by atoms with E-state index in [1.807, 2.05) is 13.8 Å². The van der Waals surface area contributed by atoms with Gasteiger partial charge in [-0.15, -0.1) is 0 Å². The van der Waals surface area contributed by atoms with E-state index in [4.69, 9.17) is 0 Å². The third-order valence-electron chi connectivity index (χ3n) is 5.40. The van der Waals surface area contributed by atoms with E-state index >= 15 is 0 Å². The van der Waals surface area contributed by atoms with Gasteiger partial charge in [0.15, 0.2) is 0 Å². The normalized spacial score (nSPS) is 18.4. The van der Waals surface area contributed by atoms with E-state index in [1.165, 1.54) is 6.20 Å². The summed E-state index contributed by atoms with van der Waals surface area (Å²) in [4.78, 5) is 55.7.